The van der Waals surface area contributed by atoms with Crippen LogP contribution in [0, 0.1) is 5.92 Å². The summed E-state index contributed by atoms with van der Waals surface area (Å²) in [5.41, 5.74) is 17.9. The normalized spacial score (nSPS) is 14.5. The van der Waals surface area contributed by atoms with Crippen molar-refractivity contribution in [2.45, 2.75) is 70.1 Å². The third-order valence-corrected chi connectivity index (χ3v) is 6.82. The minimum absolute atomic E-state index is 0.00161. The highest BCUT2D eigenvalue weighted by atomic mass is 16.4. The van der Waals surface area contributed by atoms with E-state index in [1.54, 1.807) is 20.0 Å². The average Bonchev–Trinajstić information content (AvgIpc) is 3.34. The third kappa shape index (κ3) is 10.1. The number of guanidine groups is 1. The second-order valence-electron chi connectivity index (χ2n) is 10.0. The Morgan fingerprint density at radius 1 is 0.976 bits per heavy atom. The molecular formula is C27H40N8O7. The van der Waals surface area contributed by atoms with Crippen LogP contribution in [-0.2, 0) is 30.4 Å². The molecule has 0 aliphatic heterocycles. The molecule has 230 valence electrons. The Morgan fingerprint density at radius 2 is 1.62 bits per heavy atom. The van der Waals surface area contributed by atoms with E-state index < -0.39 is 66.2 Å². The monoisotopic (exact) mass is 588 g/mol. The summed E-state index contributed by atoms with van der Waals surface area (Å²) in [6.45, 7) is 3.62. The van der Waals surface area contributed by atoms with Crippen LogP contribution in [-0.4, -0.2) is 81.5 Å². The number of aromatic nitrogens is 1. The fourth-order valence-corrected chi connectivity index (χ4v) is 4.27. The standard InChI is InChI=1S/C27H40N8O7/c1-3-14(2)22(26(41)42)35-25(40)20(11-15-13-32-18-8-5-4-7-16(15)18)34-24(39)19(9-6-10-31-27(29)30)33-23(38)17(28)12-21(36)37/h4-5,7-8,13-14,17,19-20,22,32H,3,6,9-12,28H2,1-2H3,(H,33,38)(H,34,39)(H,35,40)(H,36,37)(H,41,42)(H4,29,30,31). The highest BCUT2D eigenvalue weighted by molar-refractivity contribution is 5.95. The number of nitrogens with one attached hydrogen (secondary N) is 4. The van der Waals surface area contributed by atoms with Gasteiger partial charge in [0.15, 0.2) is 5.96 Å². The smallest absolute Gasteiger partial charge is 0.326 e. The highest BCUT2D eigenvalue weighted by Crippen LogP contribution is 2.20. The van der Waals surface area contributed by atoms with Gasteiger partial charge in [-0.25, -0.2) is 4.79 Å². The van der Waals surface area contributed by atoms with Gasteiger partial charge in [0.2, 0.25) is 17.7 Å². The Labute approximate surface area is 242 Å². The maximum absolute atomic E-state index is 13.5. The van der Waals surface area contributed by atoms with E-state index in [0.717, 1.165) is 10.9 Å². The summed E-state index contributed by atoms with van der Waals surface area (Å²) in [6.07, 6.45) is 1.80. The van der Waals surface area contributed by atoms with Crippen molar-refractivity contribution in [3.63, 3.8) is 0 Å². The first-order valence-corrected chi connectivity index (χ1v) is 13.6. The van der Waals surface area contributed by atoms with E-state index in [1.807, 2.05) is 24.3 Å². The first-order valence-electron chi connectivity index (χ1n) is 13.6. The fraction of sp³-hybridized carbons (Fsp3) is 0.481. The van der Waals surface area contributed by atoms with Crippen LogP contribution in [0.15, 0.2) is 35.5 Å². The van der Waals surface area contributed by atoms with Crippen molar-refractivity contribution in [3.05, 3.63) is 36.0 Å². The number of nitrogens with two attached hydrogens (primary N) is 3. The molecule has 1 aromatic heterocycles. The van der Waals surface area contributed by atoms with Gasteiger partial charge in [-0.15, -0.1) is 0 Å². The van der Waals surface area contributed by atoms with Gasteiger partial charge in [0, 0.05) is 30.1 Å². The SMILES string of the molecule is CCC(C)C(NC(=O)C(Cc1c[nH]c2ccccc12)NC(=O)C(CCCN=C(N)N)NC(=O)C(N)CC(=O)O)C(=O)O. The zero-order valence-corrected chi connectivity index (χ0v) is 23.6. The molecule has 2 aromatic rings. The summed E-state index contributed by atoms with van der Waals surface area (Å²) in [5, 5.41) is 27.1. The second-order valence-corrected chi connectivity index (χ2v) is 10.0. The molecule has 0 bridgehead atoms. The van der Waals surface area contributed by atoms with Crippen LogP contribution in [0.2, 0.25) is 0 Å². The number of amides is 3. The molecule has 2 rings (SSSR count). The number of aliphatic imine (C=N–C) groups is 1. The van der Waals surface area contributed by atoms with Crippen LogP contribution in [0.3, 0.4) is 0 Å². The Kier molecular flexibility index (Phi) is 12.7. The van der Waals surface area contributed by atoms with Gasteiger partial charge in [0.1, 0.15) is 18.1 Å². The first-order chi connectivity index (χ1) is 19.8. The molecule has 15 heteroatoms. The zero-order chi connectivity index (χ0) is 31.4. The third-order valence-electron chi connectivity index (χ3n) is 6.82. The molecule has 15 nitrogen and oxygen atoms in total. The van der Waals surface area contributed by atoms with E-state index >= 15 is 0 Å². The van der Waals surface area contributed by atoms with Crippen LogP contribution < -0.4 is 33.2 Å². The van der Waals surface area contributed by atoms with Crippen LogP contribution in [0.4, 0.5) is 0 Å². The maximum atomic E-state index is 13.5. The summed E-state index contributed by atoms with van der Waals surface area (Å²) in [4.78, 5) is 69.4. The lowest BCUT2D eigenvalue weighted by atomic mass is 9.97. The molecular weight excluding hydrogens is 548 g/mol. The van der Waals surface area contributed by atoms with Crippen LogP contribution >= 0.6 is 0 Å². The molecule has 5 atom stereocenters. The van der Waals surface area contributed by atoms with Crippen LogP contribution in [0.5, 0.6) is 0 Å². The molecule has 0 saturated heterocycles. The van der Waals surface area contributed by atoms with Crippen molar-refractivity contribution < 1.29 is 34.2 Å². The largest absolute Gasteiger partial charge is 0.481 e. The van der Waals surface area contributed by atoms with Crippen molar-refractivity contribution in [1.29, 1.82) is 0 Å². The molecule has 0 radical (unpaired) electrons. The Hall–Kier alpha value is -4.66. The van der Waals surface area contributed by atoms with Gasteiger partial charge < -0.3 is 48.3 Å². The number of fused-ring (bicyclic) bond motifs is 1. The number of H-pyrrole nitrogens is 1. The van der Waals surface area contributed by atoms with Gasteiger partial charge in [-0.2, -0.15) is 0 Å². The minimum Gasteiger partial charge on any atom is -0.481 e. The zero-order valence-electron chi connectivity index (χ0n) is 23.6. The summed E-state index contributed by atoms with van der Waals surface area (Å²) in [6, 6.07) is 2.26. The number of aromatic amines is 1. The topological polar surface area (TPSA) is 268 Å². The summed E-state index contributed by atoms with van der Waals surface area (Å²) < 4.78 is 0. The Balaban J connectivity index is 2.35. The number of para-hydroxylation sites is 1. The number of carbonyl (C=O) groups is 5. The molecule has 0 aliphatic rings. The first kappa shape index (κ1) is 33.5. The summed E-state index contributed by atoms with van der Waals surface area (Å²) in [5.74, 6) is -5.43. The molecule has 12 N–H and O–H groups in total. The molecule has 1 aromatic carbocycles. The van der Waals surface area contributed by atoms with Crippen molar-refractivity contribution in [1.82, 2.24) is 20.9 Å². The lowest BCUT2D eigenvalue weighted by Gasteiger charge is -2.26. The second kappa shape index (κ2) is 16.0. The van der Waals surface area contributed by atoms with Gasteiger partial charge in [0.25, 0.3) is 0 Å². The predicted molar refractivity (Wildman–Crippen MR) is 155 cm³/mol. The van der Waals surface area contributed by atoms with E-state index in [9.17, 15) is 29.1 Å². The van der Waals surface area contributed by atoms with Crippen molar-refractivity contribution in [3.8, 4) is 0 Å². The van der Waals surface area contributed by atoms with E-state index in [0.29, 0.717) is 12.0 Å². The van der Waals surface area contributed by atoms with E-state index in [4.69, 9.17) is 22.3 Å². The number of nitrogens with zero attached hydrogens (tertiary/aromatic N) is 1. The highest BCUT2D eigenvalue weighted by Gasteiger charge is 2.32. The predicted octanol–water partition coefficient (Wildman–Crippen LogP) is -0.849. The van der Waals surface area contributed by atoms with Gasteiger partial charge in [0.05, 0.1) is 12.5 Å². The number of benzene rings is 1. The molecule has 3 amide bonds. The summed E-state index contributed by atoms with van der Waals surface area (Å²) in [7, 11) is 0. The molecule has 5 unspecified atom stereocenters. The molecule has 0 saturated carbocycles. The number of carboxylic acids is 2. The quantitative estimate of drug-likeness (QED) is 0.0627. The number of aliphatic carboxylic acids is 2. The average molecular weight is 589 g/mol. The van der Waals surface area contributed by atoms with E-state index in [2.05, 4.69) is 25.9 Å². The fourth-order valence-electron chi connectivity index (χ4n) is 4.27. The van der Waals surface area contributed by atoms with Crippen LogP contribution in [0.25, 0.3) is 10.9 Å². The Bertz CT molecular complexity index is 1290. The molecule has 0 spiro atoms. The number of carbonyl (C=O) groups excluding carboxylic acids is 3. The maximum Gasteiger partial charge on any atom is 0.326 e. The van der Waals surface area contributed by atoms with E-state index in [-0.39, 0.29) is 31.8 Å². The Morgan fingerprint density at radius 3 is 2.24 bits per heavy atom. The molecule has 0 fully saturated rings. The van der Waals surface area contributed by atoms with Gasteiger partial charge in [-0.3, -0.25) is 24.2 Å². The number of carboxylic acid groups (broad SMARTS) is 2. The van der Waals surface area contributed by atoms with Gasteiger partial charge in [-0.1, -0.05) is 38.5 Å². The van der Waals surface area contributed by atoms with Crippen molar-refractivity contribution in [2.75, 3.05) is 6.54 Å². The minimum atomic E-state index is -1.42. The van der Waals surface area contributed by atoms with Gasteiger partial charge >= 0.3 is 11.9 Å². The van der Waals surface area contributed by atoms with E-state index in [1.165, 1.54) is 0 Å². The van der Waals surface area contributed by atoms with Gasteiger partial charge in [-0.05, 0) is 30.4 Å². The number of hydrogen-bond acceptors (Lipinski definition) is 7. The summed E-state index contributed by atoms with van der Waals surface area (Å²) >= 11 is 0. The molecule has 1 heterocycles. The lowest BCUT2D eigenvalue weighted by molar-refractivity contribution is -0.143. The molecule has 0 aliphatic carbocycles. The van der Waals surface area contributed by atoms with Crippen LogP contribution in [0.1, 0.15) is 45.1 Å². The number of hydrogen-bond donors (Lipinski definition) is 9. The molecule has 42 heavy (non-hydrogen) atoms. The van der Waals surface area contributed by atoms with Crippen molar-refractivity contribution >= 4 is 46.5 Å². The lowest BCUT2D eigenvalue weighted by Crippen LogP contribution is -2.58. The number of rotatable bonds is 17. The van der Waals surface area contributed by atoms with Crippen molar-refractivity contribution in [2.24, 2.45) is 28.1 Å².